The number of rotatable bonds is 4. The summed E-state index contributed by atoms with van der Waals surface area (Å²) in [6.07, 6.45) is 0. The van der Waals surface area contributed by atoms with Gasteiger partial charge in [-0.15, -0.1) is 0 Å². The van der Waals surface area contributed by atoms with Gasteiger partial charge in [0.05, 0.1) is 0 Å². The molecule has 0 saturated heterocycles. The molecule has 156 valence electrons. The van der Waals surface area contributed by atoms with E-state index in [1.165, 1.54) is 0 Å². The number of anilines is 1. The lowest BCUT2D eigenvalue weighted by Gasteiger charge is -2.19. The SMILES string of the molecule is Cc1ccc(-c2ccc(CO)o2)cc1NC(=S)NC(=O)c1ccc(C(C)(C)C)cc1. The van der Waals surface area contributed by atoms with Crippen LogP contribution in [0.1, 0.15) is 48.0 Å². The van der Waals surface area contributed by atoms with Crippen LogP contribution in [0.2, 0.25) is 0 Å². The Morgan fingerprint density at radius 2 is 1.77 bits per heavy atom. The zero-order chi connectivity index (χ0) is 21.9. The summed E-state index contributed by atoms with van der Waals surface area (Å²) in [6, 6.07) is 16.8. The third kappa shape index (κ3) is 5.14. The molecule has 1 amide bonds. The molecule has 3 aromatic rings. The Kier molecular flexibility index (Phi) is 6.39. The van der Waals surface area contributed by atoms with Crippen LogP contribution in [-0.4, -0.2) is 16.1 Å². The minimum atomic E-state index is -0.264. The maximum Gasteiger partial charge on any atom is 0.257 e. The smallest absolute Gasteiger partial charge is 0.257 e. The van der Waals surface area contributed by atoms with Crippen LogP contribution in [0.25, 0.3) is 11.3 Å². The molecule has 1 aromatic heterocycles. The van der Waals surface area contributed by atoms with E-state index in [-0.39, 0.29) is 23.0 Å². The molecule has 30 heavy (non-hydrogen) atoms. The van der Waals surface area contributed by atoms with Gasteiger partial charge in [0, 0.05) is 16.8 Å². The van der Waals surface area contributed by atoms with Crippen molar-refractivity contribution in [3.05, 3.63) is 77.0 Å². The van der Waals surface area contributed by atoms with Gasteiger partial charge in [-0.1, -0.05) is 45.0 Å². The van der Waals surface area contributed by atoms with Crippen LogP contribution < -0.4 is 10.6 Å². The topological polar surface area (TPSA) is 74.5 Å². The molecule has 5 nitrogen and oxygen atoms in total. The molecular weight excluding hydrogens is 396 g/mol. The molecule has 2 aromatic carbocycles. The largest absolute Gasteiger partial charge is 0.459 e. The van der Waals surface area contributed by atoms with Crippen LogP contribution in [0.4, 0.5) is 5.69 Å². The Morgan fingerprint density at radius 3 is 2.37 bits per heavy atom. The second kappa shape index (κ2) is 8.81. The minimum absolute atomic E-state index is 0.0281. The van der Waals surface area contributed by atoms with Crippen LogP contribution in [0.5, 0.6) is 0 Å². The average Bonchev–Trinajstić information content (AvgIpc) is 3.18. The van der Waals surface area contributed by atoms with E-state index in [4.69, 9.17) is 16.6 Å². The maximum absolute atomic E-state index is 12.5. The number of hydrogen-bond donors (Lipinski definition) is 3. The summed E-state index contributed by atoms with van der Waals surface area (Å²) in [5.74, 6) is 0.886. The summed E-state index contributed by atoms with van der Waals surface area (Å²) in [5.41, 5.74) is 4.32. The maximum atomic E-state index is 12.5. The van der Waals surface area contributed by atoms with E-state index in [0.29, 0.717) is 17.1 Å². The number of aliphatic hydroxyl groups is 1. The molecule has 0 bridgehead atoms. The molecule has 0 aliphatic heterocycles. The van der Waals surface area contributed by atoms with Crippen LogP contribution in [0.15, 0.2) is 59.0 Å². The number of carbonyl (C=O) groups excluding carboxylic acids is 1. The Labute approximate surface area is 182 Å². The van der Waals surface area contributed by atoms with Gasteiger partial charge in [-0.25, -0.2) is 0 Å². The van der Waals surface area contributed by atoms with Crippen molar-refractivity contribution >= 4 is 28.9 Å². The first-order chi connectivity index (χ1) is 14.2. The highest BCUT2D eigenvalue weighted by molar-refractivity contribution is 7.80. The first-order valence-corrected chi connectivity index (χ1v) is 10.1. The van der Waals surface area contributed by atoms with Crippen molar-refractivity contribution in [1.29, 1.82) is 0 Å². The Hall–Kier alpha value is -2.96. The van der Waals surface area contributed by atoms with Crippen LogP contribution in [0.3, 0.4) is 0 Å². The predicted molar refractivity (Wildman–Crippen MR) is 124 cm³/mol. The van der Waals surface area contributed by atoms with Gasteiger partial charge in [0.1, 0.15) is 18.1 Å². The lowest BCUT2D eigenvalue weighted by molar-refractivity contribution is 0.0977. The number of nitrogens with one attached hydrogen (secondary N) is 2. The molecule has 0 spiro atoms. The molecule has 0 saturated carbocycles. The van der Waals surface area contributed by atoms with Gasteiger partial charge in [-0.05, 0) is 66.0 Å². The molecule has 0 unspecified atom stereocenters. The van der Waals surface area contributed by atoms with Crippen LogP contribution in [-0.2, 0) is 12.0 Å². The van der Waals surface area contributed by atoms with Crippen LogP contribution >= 0.6 is 12.2 Å². The monoisotopic (exact) mass is 422 g/mol. The summed E-state index contributed by atoms with van der Waals surface area (Å²) < 4.78 is 5.59. The zero-order valence-corrected chi connectivity index (χ0v) is 18.4. The normalized spacial score (nSPS) is 11.2. The summed E-state index contributed by atoms with van der Waals surface area (Å²) in [6.45, 7) is 8.19. The molecular formula is C24H26N2O3S. The average molecular weight is 423 g/mol. The van der Waals surface area contributed by atoms with Gasteiger partial charge in [0.25, 0.3) is 5.91 Å². The fourth-order valence-electron chi connectivity index (χ4n) is 2.98. The number of hydrogen-bond acceptors (Lipinski definition) is 4. The van der Waals surface area contributed by atoms with E-state index in [9.17, 15) is 9.90 Å². The summed E-state index contributed by atoms with van der Waals surface area (Å²) in [4.78, 5) is 12.5. The molecule has 0 aliphatic rings. The highest BCUT2D eigenvalue weighted by Gasteiger charge is 2.15. The van der Waals surface area contributed by atoms with Gasteiger partial charge in [-0.3, -0.25) is 10.1 Å². The number of furan rings is 1. The lowest BCUT2D eigenvalue weighted by Crippen LogP contribution is -2.34. The third-order valence-electron chi connectivity index (χ3n) is 4.83. The predicted octanol–water partition coefficient (Wildman–Crippen LogP) is 5.17. The molecule has 1 heterocycles. The highest BCUT2D eigenvalue weighted by Crippen LogP contribution is 2.27. The molecule has 3 rings (SSSR count). The van der Waals surface area contributed by atoms with Crippen molar-refractivity contribution in [1.82, 2.24) is 5.32 Å². The minimum Gasteiger partial charge on any atom is -0.459 e. The first-order valence-electron chi connectivity index (χ1n) is 9.71. The Morgan fingerprint density at radius 1 is 1.07 bits per heavy atom. The number of aryl methyl sites for hydroxylation is 1. The zero-order valence-electron chi connectivity index (χ0n) is 17.6. The van der Waals surface area contributed by atoms with Crippen molar-refractivity contribution in [3.63, 3.8) is 0 Å². The van der Waals surface area contributed by atoms with Gasteiger partial charge in [0.2, 0.25) is 0 Å². The van der Waals surface area contributed by atoms with Gasteiger partial charge >= 0.3 is 0 Å². The standard InChI is InChI=1S/C24H26N2O3S/c1-15-5-6-17(21-12-11-19(14-27)29-21)13-20(15)25-23(30)26-22(28)16-7-9-18(10-8-16)24(2,3)4/h5-13,27H,14H2,1-4H3,(H2,25,26,28,30). The van der Waals surface area contributed by atoms with Crippen molar-refractivity contribution in [3.8, 4) is 11.3 Å². The molecule has 6 heteroatoms. The summed E-state index contributed by atoms with van der Waals surface area (Å²) in [7, 11) is 0. The van der Waals surface area contributed by atoms with Crippen molar-refractivity contribution in [2.45, 2.75) is 39.7 Å². The van der Waals surface area contributed by atoms with E-state index >= 15 is 0 Å². The molecule has 0 fully saturated rings. The summed E-state index contributed by atoms with van der Waals surface area (Å²) >= 11 is 5.34. The number of amides is 1. The highest BCUT2D eigenvalue weighted by atomic mass is 32.1. The quantitative estimate of drug-likeness (QED) is 0.506. The van der Waals surface area contributed by atoms with E-state index in [1.54, 1.807) is 24.3 Å². The number of thiocarbonyl (C=S) groups is 1. The second-order valence-corrected chi connectivity index (χ2v) is 8.60. The first kappa shape index (κ1) is 21.7. The van der Waals surface area contributed by atoms with Crippen LogP contribution in [0, 0.1) is 6.92 Å². The summed E-state index contributed by atoms with van der Waals surface area (Å²) in [5, 5.41) is 15.2. The van der Waals surface area contributed by atoms with E-state index < -0.39 is 0 Å². The van der Waals surface area contributed by atoms with Crippen molar-refractivity contribution in [2.24, 2.45) is 0 Å². The number of aliphatic hydroxyl groups excluding tert-OH is 1. The molecule has 0 radical (unpaired) electrons. The Bertz CT molecular complexity index is 1060. The number of carbonyl (C=O) groups is 1. The second-order valence-electron chi connectivity index (χ2n) is 8.19. The van der Waals surface area contributed by atoms with E-state index in [1.807, 2.05) is 37.3 Å². The van der Waals surface area contributed by atoms with Gasteiger partial charge in [0.15, 0.2) is 5.11 Å². The molecule has 0 aliphatic carbocycles. The van der Waals surface area contributed by atoms with Gasteiger partial charge in [-0.2, -0.15) is 0 Å². The third-order valence-corrected chi connectivity index (χ3v) is 5.03. The van der Waals surface area contributed by atoms with E-state index in [2.05, 4.69) is 31.4 Å². The lowest BCUT2D eigenvalue weighted by atomic mass is 9.87. The van der Waals surface area contributed by atoms with Gasteiger partial charge < -0.3 is 14.8 Å². The Balaban J connectivity index is 1.69. The fourth-order valence-corrected chi connectivity index (χ4v) is 3.18. The van der Waals surface area contributed by atoms with Crippen molar-refractivity contribution < 1.29 is 14.3 Å². The van der Waals surface area contributed by atoms with Crippen molar-refractivity contribution in [2.75, 3.05) is 5.32 Å². The molecule has 0 atom stereocenters. The fraction of sp³-hybridized carbons (Fsp3) is 0.250. The molecule has 3 N–H and O–H groups in total. The van der Waals surface area contributed by atoms with E-state index in [0.717, 1.165) is 22.4 Å². The number of benzene rings is 2.